The van der Waals surface area contributed by atoms with Crippen LogP contribution in [0.25, 0.3) is 0 Å². The Morgan fingerprint density at radius 2 is 1.60 bits per heavy atom. The van der Waals surface area contributed by atoms with Crippen molar-refractivity contribution >= 4 is 22.0 Å². The number of sulfonamides is 1. The summed E-state index contributed by atoms with van der Waals surface area (Å²) in [4.78, 5) is 31.0. The van der Waals surface area contributed by atoms with Gasteiger partial charge < -0.3 is 64.2 Å². The lowest BCUT2D eigenvalue weighted by Crippen LogP contribution is -2.60. The predicted molar refractivity (Wildman–Crippen MR) is 248 cm³/mol. The number of benzene rings is 1. The van der Waals surface area contributed by atoms with Crippen LogP contribution in [0.1, 0.15) is 101 Å². The monoisotopic (exact) mass is 975 g/mol. The van der Waals surface area contributed by atoms with E-state index in [0.29, 0.717) is 6.42 Å². The fourth-order valence-electron chi connectivity index (χ4n) is 10.2. The number of aliphatic hydroxyl groups excluding tert-OH is 3. The van der Waals surface area contributed by atoms with Gasteiger partial charge in [-0.1, -0.05) is 39.0 Å². The van der Waals surface area contributed by atoms with Crippen LogP contribution < -0.4 is 10.0 Å². The fraction of sp³-hybridized carbons (Fsp3) is 0.830. The molecule has 1 aromatic carbocycles. The van der Waals surface area contributed by atoms with Gasteiger partial charge in [-0.2, -0.15) is 0 Å². The second-order valence-electron chi connectivity index (χ2n) is 20.2. The van der Waals surface area contributed by atoms with E-state index in [0.717, 1.165) is 0 Å². The molecule has 0 spiro atoms. The largest absolute Gasteiger partial charge is 0.459 e. The third kappa shape index (κ3) is 14.1. The average Bonchev–Trinajstić information content (AvgIpc) is 3.25. The van der Waals surface area contributed by atoms with Crippen molar-refractivity contribution in [1.82, 2.24) is 19.8 Å². The minimum atomic E-state index is -4.12. The highest BCUT2D eigenvalue weighted by atomic mass is 32.2. The van der Waals surface area contributed by atoms with Crippen molar-refractivity contribution < 1.29 is 72.0 Å². The zero-order valence-electron chi connectivity index (χ0n) is 41.8. The Kier molecular flexibility index (Phi) is 20.1. The number of esters is 1. The molecule has 3 fully saturated rings. The van der Waals surface area contributed by atoms with Crippen LogP contribution in [-0.4, -0.2) is 187 Å². The number of methoxy groups -OCH3 is 1. The molecule has 3 saturated heterocycles. The smallest absolute Gasteiger partial charge is 0.328 e. The molecule has 0 bridgehead atoms. The number of carbonyl (C=O) groups is 2. The molecule has 4 rings (SSSR count). The fourth-order valence-corrected chi connectivity index (χ4v) is 11.1. The number of aliphatic hydroxyl groups is 5. The molecule has 67 heavy (non-hydrogen) atoms. The van der Waals surface area contributed by atoms with Crippen molar-refractivity contribution in [3.05, 3.63) is 30.3 Å². The van der Waals surface area contributed by atoms with Gasteiger partial charge in [0.2, 0.25) is 0 Å². The van der Waals surface area contributed by atoms with E-state index in [1.165, 1.54) is 26.2 Å². The van der Waals surface area contributed by atoms with Gasteiger partial charge in [0.05, 0.1) is 46.4 Å². The first-order valence-corrected chi connectivity index (χ1v) is 25.2. The van der Waals surface area contributed by atoms with Crippen molar-refractivity contribution in [2.75, 3.05) is 40.8 Å². The van der Waals surface area contributed by atoms with Crippen molar-refractivity contribution in [2.24, 2.45) is 17.8 Å². The first-order valence-electron chi connectivity index (χ1n) is 23.7. The molecule has 0 aliphatic carbocycles. The molecule has 7 N–H and O–H groups in total. The van der Waals surface area contributed by atoms with Crippen molar-refractivity contribution in [3.63, 3.8) is 0 Å². The number of nitrogens with one attached hydrogen (secondary N) is 2. The summed E-state index contributed by atoms with van der Waals surface area (Å²) in [5.74, 6) is -3.08. The minimum absolute atomic E-state index is 0.0436. The van der Waals surface area contributed by atoms with Gasteiger partial charge in [-0.05, 0) is 106 Å². The molecule has 0 aromatic heterocycles. The number of amides is 2. The molecule has 0 radical (unpaired) electrons. The summed E-state index contributed by atoms with van der Waals surface area (Å²) in [5.41, 5.74) is -4.78. The molecule has 19 nitrogen and oxygen atoms in total. The Balaban J connectivity index is 1.73. The number of hydrogen-bond donors (Lipinski definition) is 7. The number of nitrogens with zero attached hydrogens (tertiary/aromatic N) is 2. The maximum atomic E-state index is 14.5. The Bertz CT molecular complexity index is 1840. The van der Waals surface area contributed by atoms with Gasteiger partial charge >= 0.3 is 12.0 Å². The lowest BCUT2D eigenvalue weighted by atomic mass is 9.77. The molecule has 1 aromatic rings. The van der Waals surface area contributed by atoms with Crippen molar-refractivity contribution in [3.8, 4) is 0 Å². The van der Waals surface area contributed by atoms with Crippen molar-refractivity contribution in [1.29, 1.82) is 0 Å². The van der Waals surface area contributed by atoms with E-state index in [9.17, 15) is 43.5 Å². The van der Waals surface area contributed by atoms with Crippen LogP contribution in [0.5, 0.6) is 0 Å². The van der Waals surface area contributed by atoms with Gasteiger partial charge in [0.15, 0.2) is 12.6 Å². The third-order valence-corrected chi connectivity index (χ3v) is 15.6. The lowest BCUT2D eigenvalue weighted by molar-refractivity contribution is -0.318. The quantitative estimate of drug-likeness (QED) is 0.111. The maximum Gasteiger partial charge on any atom is 0.328 e. The molecular formula is C47H82N4O15S. The van der Waals surface area contributed by atoms with Crippen molar-refractivity contribution in [2.45, 2.75) is 197 Å². The summed E-state index contributed by atoms with van der Waals surface area (Å²) in [6, 6.07) is 5.44. The third-order valence-electron chi connectivity index (χ3n) is 14.2. The number of carbonyl (C=O) groups excluding carboxylic acids is 2. The zero-order chi connectivity index (χ0) is 50.4. The van der Waals surface area contributed by atoms with E-state index >= 15 is 0 Å². The van der Waals surface area contributed by atoms with Gasteiger partial charge in [-0.25, -0.2) is 17.9 Å². The number of ether oxygens (including phenoxy) is 6. The predicted octanol–water partition coefficient (Wildman–Crippen LogP) is 2.35. The van der Waals surface area contributed by atoms with E-state index in [1.54, 1.807) is 66.7 Å². The molecule has 3 heterocycles. The molecule has 386 valence electrons. The summed E-state index contributed by atoms with van der Waals surface area (Å²) >= 11 is 0. The van der Waals surface area contributed by atoms with Gasteiger partial charge in [0, 0.05) is 51.2 Å². The maximum absolute atomic E-state index is 14.5. The molecule has 0 saturated carbocycles. The average molecular weight is 975 g/mol. The lowest BCUT2D eigenvalue weighted by Gasteiger charge is -2.48. The molecule has 3 aliphatic rings. The van der Waals surface area contributed by atoms with Crippen LogP contribution in [0.4, 0.5) is 4.79 Å². The first-order chi connectivity index (χ1) is 31.1. The molecule has 18 atom stereocenters. The topological polar surface area (TPSA) is 255 Å². The van der Waals surface area contributed by atoms with Gasteiger partial charge in [0.25, 0.3) is 10.0 Å². The number of likely N-dealkylation sites (N-methyl/N-ethyl adjacent to an activating group) is 1. The summed E-state index contributed by atoms with van der Waals surface area (Å²) in [6.07, 6.45) is -9.30. The van der Waals surface area contributed by atoms with Crippen LogP contribution in [0, 0.1) is 17.8 Å². The highest BCUT2D eigenvalue weighted by Crippen LogP contribution is 2.40. The summed E-state index contributed by atoms with van der Waals surface area (Å²) in [6.45, 7) is 17.6. The summed E-state index contributed by atoms with van der Waals surface area (Å²) in [7, 11) is 1.07. The second-order valence-corrected chi connectivity index (χ2v) is 21.9. The molecule has 3 aliphatic heterocycles. The van der Waals surface area contributed by atoms with E-state index in [2.05, 4.69) is 5.32 Å². The Hall–Kier alpha value is -2.57. The Morgan fingerprint density at radius 3 is 2.19 bits per heavy atom. The van der Waals surface area contributed by atoms with Gasteiger partial charge in [-0.15, -0.1) is 0 Å². The SMILES string of the molecule is CC[C@H]1OC(=O)[C@H](C)[C@@H](O[C@H]2C[C@@](C)(OC)[C@@H](O)[C@H](C)O2)[C@H](C)[C@@H](O[C@@H]2O[C@H](C)C[C@H](N(C)C)[C@H]2O)[C@](C)(O)C[C@@H](C)CN(CCCNC(=O)NS(=O)(=O)c2ccccc2)[C@H](C)[C@@H](O)[C@]1(C)O. The highest BCUT2D eigenvalue weighted by molar-refractivity contribution is 7.90. The first kappa shape index (κ1) is 57.0. The minimum Gasteiger partial charge on any atom is -0.459 e. The van der Waals surface area contributed by atoms with Crippen LogP contribution in [0.15, 0.2) is 35.2 Å². The van der Waals surface area contributed by atoms with E-state index < -0.39 is 112 Å². The summed E-state index contributed by atoms with van der Waals surface area (Å²) < 4.78 is 65.4. The number of rotatable bonds is 13. The Morgan fingerprint density at radius 1 is 0.955 bits per heavy atom. The van der Waals surface area contributed by atoms with Gasteiger partial charge in [-0.3, -0.25) is 9.69 Å². The normalized spacial score (nSPS) is 41.2. The van der Waals surface area contributed by atoms with E-state index in [1.807, 2.05) is 42.5 Å². The summed E-state index contributed by atoms with van der Waals surface area (Å²) in [5, 5.41) is 62.3. The standard InChI is InChI=1S/C47H82N4O15S/c1-14-35-47(10,58)39(53)31(6)51(22-18-21-48-44(56)49-67(59,60)33-19-16-15-17-20-33)26-27(2)24-45(8,57)41(66-43-37(52)34(50(11)12)23-28(3)62-43)29(4)38(30(5)42(55)64-35)65-36-25-46(9,61-13)40(54)32(7)63-36/h15-17,19-20,27-32,34-41,43,52-54,57-58H,14,18,21-26H2,1-13H3,(H2,48,49,56)/t27-,28-,29+,30-,31-,32+,34+,35-,36+,37-,38+,39-,40+,41-,43+,45-,46-,47-/m1/s1. The number of urea groups is 1. The molecule has 2 amide bonds. The van der Waals surface area contributed by atoms with E-state index in [-0.39, 0.29) is 68.3 Å². The van der Waals surface area contributed by atoms with E-state index in [4.69, 9.17) is 28.4 Å². The van der Waals surface area contributed by atoms with Crippen LogP contribution in [0.2, 0.25) is 0 Å². The van der Waals surface area contributed by atoms with Crippen LogP contribution in [0.3, 0.4) is 0 Å². The molecular weight excluding hydrogens is 893 g/mol. The molecule has 0 unspecified atom stereocenters. The zero-order valence-corrected chi connectivity index (χ0v) is 42.6. The Labute approximate surface area is 398 Å². The van der Waals surface area contributed by atoms with Crippen LogP contribution >= 0.6 is 0 Å². The van der Waals surface area contributed by atoms with Crippen LogP contribution in [-0.2, 0) is 43.2 Å². The number of cyclic esters (lactones) is 1. The number of hydrogen-bond acceptors (Lipinski definition) is 17. The molecule has 20 heteroatoms. The van der Waals surface area contributed by atoms with Gasteiger partial charge in [0.1, 0.15) is 30.0 Å². The second kappa shape index (κ2) is 23.6. The highest BCUT2D eigenvalue weighted by Gasteiger charge is 2.53.